The van der Waals surface area contributed by atoms with Crippen LogP contribution < -0.4 is 5.32 Å². The average molecular weight is 271 g/mol. The highest BCUT2D eigenvalue weighted by molar-refractivity contribution is 7.99. The first-order valence-corrected chi connectivity index (χ1v) is 7.49. The van der Waals surface area contributed by atoms with Crippen LogP contribution in [-0.4, -0.2) is 28.0 Å². The molecule has 0 amide bonds. The van der Waals surface area contributed by atoms with Gasteiger partial charge in [0.1, 0.15) is 0 Å². The molecule has 5 heteroatoms. The first-order valence-electron chi connectivity index (χ1n) is 6.51. The van der Waals surface area contributed by atoms with E-state index >= 15 is 0 Å². The van der Waals surface area contributed by atoms with Crippen molar-refractivity contribution in [3.05, 3.63) is 11.7 Å². The van der Waals surface area contributed by atoms with E-state index < -0.39 is 0 Å². The topological polar surface area (TPSA) is 51.0 Å². The second-order valence-corrected chi connectivity index (χ2v) is 7.34. The van der Waals surface area contributed by atoms with Gasteiger partial charge in [-0.15, -0.1) is 11.8 Å². The molecule has 4 nitrogen and oxygen atoms in total. The summed E-state index contributed by atoms with van der Waals surface area (Å²) < 4.78 is 5.59. The van der Waals surface area contributed by atoms with Crippen LogP contribution in [0.1, 0.15) is 58.7 Å². The number of thioether (sulfide) groups is 1. The highest BCUT2D eigenvalue weighted by atomic mass is 32.2. The first-order chi connectivity index (χ1) is 8.37. The molecule has 18 heavy (non-hydrogen) atoms. The molecule has 1 aromatic heterocycles. The summed E-state index contributed by atoms with van der Waals surface area (Å²) >= 11 is 1.83. The predicted octanol–water partition coefficient (Wildman–Crippen LogP) is 3.20. The van der Waals surface area contributed by atoms with Crippen LogP contribution >= 0.6 is 11.8 Å². The Morgan fingerprint density at radius 1 is 1.39 bits per heavy atom. The lowest BCUT2D eigenvalue weighted by molar-refractivity contribution is 0.324. The Hall–Kier alpha value is -0.550. The van der Waals surface area contributed by atoms with Crippen LogP contribution in [0, 0.1) is 0 Å². The molecule has 0 aromatic carbocycles. The van der Waals surface area contributed by atoms with E-state index in [0.717, 1.165) is 23.9 Å². The molecule has 0 saturated heterocycles. The zero-order valence-corrected chi connectivity index (χ0v) is 13.1. The Morgan fingerprint density at radius 3 is 2.56 bits per heavy atom. The SMILES string of the molecule is CCC(NC)C(C)c1nc(CSC(C)(C)C)no1. The lowest BCUT2D eigenvalue weighted by Gasteiger charge is -2.18. The van der Waals surface area contributed by atoms with Crippen molar-refractivity contribution in [2.75, 3.05) is 7.05 Å². The minimum absolute atomic E-state index is 0.226. The maximum Gasteiger partial charge on any atom is 0.231 e. The van der Waals surface area contributed by atoms with Gasteiger partial charge in [0.05, 0.1) is 11.7 Å². The van der Waals surface area contributed by atoms with Crippen molar-refractivity contribution in [1.82, 2.24) is 15.5 Å². The van der Waals surface area contributed by atoms with Gasteiger partial charge in [0.25, 0.3) is 0 Å². The lowest BCUT2D eigenvalue weighted by Crippen LogP contribution is -2.30. The number of nitrogens with zero attached hydrogens (tertiary/aromatic N) is 2. The molecule has 2 unspecified atom stereocenters. The van der Waals surface area contributed by atoms with Crippen LogP contribution in [0.2, 0.25) is 0 Å². The molecule has 0 bridgehead atoms. The van der Waals surface area contributed by atoms with Crippen LogP contribution in [0.25, 0.3) is 0 Å². The largest absolute Gasteiger partial charge is 0.339 e. The molecule has 0 saturated carbocycles. The standard InChI is InChI=1S/C13H25N3OS/c1-7-10(14-6)9(2)12-15-11(16-17-12)8-18-13(3,4)5/h9-10,14H,7-8H2,1-6H3. The molecule has 0 spiro atoms. The van der Waals surface area contributed by atoms with E-state index in [0.29, 0.717) is 6.04 Å². The number of nitrogens with one attached hydrogen (secondary N) is 1. The Kier molecular flexibility index (Phi) is 5.66. The number of hydrogen-bond donors (Lipinski definition) is 1. The quantitative estimate of drug-likeness (QED) is 0.861. The summed E-state index contributed by atoms with van der Waals surface area (Å²) in [5.74, 6) is 2.58. The van der Waals surface area contributed by atoms with E-state index in [-0.39, 0.29) is 10.7 Å². The van der Waals surface area contributed by atoms with Gasteiger partial charge in [-0.3, -0.25) is 0 Å². The third-order valence-electron chi connectivity index (χ3n) is 2.92. The Labute approximate surface area is 114 Å². The number of hydrogen-bond acceptors (Lipinski definition) is 5. The van der Waals surface area contributed by atoms with Crippen molar-refractivity contribution >= 4 is 11.8 Å². The molecule has 1 rings (SSSR count). The van der Waals surface area contributed by atoms with E-state index in [1.54, 1.807) is 0 Å². The summed E-state index contributed by atoms with van der Waals surface area (Å²) in [6.45, 7) is 10.9. The van der Waals surface area contributed by atoms with Gasteiger partial charge in [-0.2, -0.15) is 4.98 Å². The molecule has 0 aliphatic rings. The molecule has 0 aliphatic carbocycles. The third-order valence-corrected chi connectivity index (χ3v) is 4.19. The van der Waals surface area contributed by atoms with E-state index in [9.17, 15) is 0 Å². The Bertz CT molecular complexity index is 355. The van der Waals surface area contributed by atoms with Gasteiger partial charge in [-0.05, 0) is 13.5 Å². The monoisotopic (exact) mass is 271 g/mol. The minimum Gasteiger partial charge on any atom is -0.339 e. The fourth-order valence-corrected chi connectivity index (χ4v) is 2.45. The van der Waals surface area contributed by atoms with Crippen molar-refractivity contribution in [3.8, 4) is 0 Å². The Morgan fingerprint density at radius 2 is 2.06 bits per heavy atom. The zero-order valence-electron chi connectivity index (χ0n) is 12.3. The summed E-state index contributed by atoms with van der Waals surface area (Å²) in [4.78, 5) is 4.49. The van der Waals surface area contributed by atoms with E-state index in [1.165, 1.54) is 0 Å². The van der Waals surface area contributed by atoms with Crippen LogP contribution in [0.3, 0.4) is 0 Å². The minimum atomic E-state index is 0.226. The van der Waals surface area contributed by atoms with Gasteiger partial charge in [0.15, 0.2) is 5.82 Å². The molecular weight excluding hydrogens is 246 g/mol. The maximum atomic E-state index is 5.36. The lowest BCUT2D eigenvalue weighted by atomic mass is 10.00. The summed E-state index contributed by atoms with van der Waals surface area (Å²) in [7, 11) is 1.97. The van der Waals surface area contributed by atoms with Gasteiger partial charge in [-0.25, -0.2) is 0 Å². The molecule has 0 radical (unpaired) electrons. The van der Waals surface area contributed by atoms with Gasteiger partial charge in [0, 0.05) is 10.8 Å². The van der Waals surface area contributed by atoms with Gasteiger partial charge < -0.3 is 9.84 Å². The van der Waals surface area contributed by atoms with Gasteiger partial charge in [-0.1, -0.05) is 39.8 Å². The summed E-state index contributed by atoms with van der Waals surface area (Å²) in [6.07, 6.45) is 1.05. The van der Waals surface area contributed by atoms with Crippen molar-refractivity contribution < 1.29 is 4.52 Å². The van der Waals surface area contributed by atoms with Crippen LogP contribution in [0.5, 0.6) is 0 Å². The molecule has 2 atom stereocenters. The summed E-state index contributed by atoms with van der Waals surface area (Å²) in [5.41, 5.74) is 0. The molecule has 1 heterocycles. The molecule has 1 aromatic rings. The van der Waals surface area contributed by atoms with Gasteiger partial charge in [0.2, 0.25) is 5.89 Å². The number of rotatable bonds is 6. The van der Waals surface area contributed by atoms with Crippen molar-refractivity contribution in [2.24, 2.45) is 0 Å². The normalized spacial score (nSPS) is 15.7. The predicted molar refractivity (Wildman–Crippen MR) is 76.9 cm³/mol. The van der Waals surface area contributed by atoms with E-state index in [4.69, 9.17) is 4.52 Å². The van der Waals surface area contributed by atoms with Gasteiger partial charge >= 0.3 is 0 Å². The Balaban J connectivity index is 2.62. The third kappa shape index (κ3) is 4.61. The van der Waals surface area contributed by atoms with Crippen LogP contribution in [0.15, 0.2) is 4.52 Å². The average Bonchev–Trinajstić information content (AvgIpc) is 2.75. The summed E-state index contributed by atoms with van der Waals surface area (Å²) in [5, 5.41) is 7.34. The molecule has 0 aliphatic heterocycles. The first kappa shape index (κ1) is 15.5. The van der Waals surface area contributed by atoms with Crippen LogP contribution in [0.4, 0.5) is 0 Å². The van der Waals surface area contributed by atoms with E-state index in [2.05, 4.69) is 50.1 Å². The fourth-order valence-electron chi connectivity index (χ4n) is 1.77. The molecule has 104 valence electrons. The zero-order chi connectivity index (χ0) is 13.8. The molecular formula is C13H25N3OS. The van der Waals surface area contributed by atoms with E-state index in [1.807, 2.05) is 18.8 Å². The van der Waals surface area contributed by atoms with Crippen LogP contribution in [-0.2, 0) is 5.75 Å². The molecule has 1 N–H and O–H groups in total. The van der Waals surface area contributed by atoms with Crippen molar-refractivity contribution in [1.29, 1.82) is 0 Å². The fraction of sp³-hybridized carbons (Fsp3) is 0.846. The highest BCUT2D eigenvalue weighted by Crippen LogP contribution is 2.27. The van der Waals surface area contributed by atoms with Crippen molar-refractivity contribution in [2.45, 2.75) is 63.5 Å². The number of likely N-dealkylation sites (N-methyl/N-ethyl adjacent to an activating group) is 1. The second-order valence-electron chi connectivity index (χ2n) is 5.54. The maximum absolute atomic E-state index is 5.36. The molecule has 0 fully saturated rings. The smallest absolute Gasteiger partial charge is 0.231 e. The van der Waals surface area contributed by atoms with Crippen molar-refractivity contribution in [3.63, 3.8) is 0 Å². The number of aromatic nitrogens is 2. The highest BCUT2D eigenvalue weighted by Gasteiger charge is 2.22. The second kappa shape index (κ2) is 6.57. The summed E-state index contributed by atoms with van der Waals surface area (Å²) in [6, 6.07) is 0.383.